The second-order valence-corrected chi connectivity index (χ2v) is 4.38. The Labute approximate surface area is 95.9 Å². The SMILES string of the molecule is Cc1ccc(CCCNC(C)C)c(F)c1F. The second kappa shape index (κ2) is 5.94. The molecule has 3 heteroatoms. The number of halogens is 2. The standard InChI is InChI=1S/C13H19F2N/c1-9(2)16-8-4-5-11-7-6-10(3)12(14)13(11)15/h6-7,9,16H,4-5,8H2,1-3H3. The van der Waals surface area contributed by atoms with Crippen molar-refractivity contribution in [2.75, 3.05) is 6.54 Å². The fourth-order valence-corrected chi connectivity index (χ4v) is 1.55. The van der Waals surface area contributed by atoms with Gasteiger partial charge in [0.2, 0.25) is 0 Å². The average Bonchev–Trinajstić information content (AvgIpc) is 2.23. The fraction of sp³-hybridized carbons (Fsp3) is 0.538. The van der Waals surface area contributed by atoms with Crippen molar-refractivity contribution in [2.45, 2.75) is 39.7 Å². The summed E-state index contributed by atoms with van der Waals surface area (Å²) in [6.45, 7) is 6.52. The van der Waals surface area contributed by atoms with Crippen LogP contribution in [0, 0.1) is 18.6 Å². The lowest BCUT2D eigenvalue weighted by molar-refractivity contribution is 0.489. The Balaban J connectivity index is 2.52. The molecule has 0 aliphatic carbocycles. The molecule has 0 radical (unpaired) electrons. The summed E-state index contributed by atoms with van der Waals surface area (Å²) < 4.78 is 26.7. The Hall–Kier alpha value is -0.960. The van der Waals surface area contributed by atoms with Crippen LogP contribution in [-0.2, 0) is 6.42 Å². The van der Waals surface area contributed by atoms with Crippen LogP contribution in [-0.4, -0.2) is 12.6 Å². The van der Waals surface area contributed by atoms with Gasteiger partial charge in [-0.1, -0.05) is 26.0 Å². The van der Waals surface area contributed by atoms with E-state index < -0.39 is 11.6 Å². The van der Waals surface area contributed by atoms with Gasteiger partial charge in [-0.25, -0.2) is 8.78 Å². The third-order valence-electron chi connectivity index (χ3n) is 2.53. The first-order valence-corrected chi connectivity index (χ1v) is 5.69. The van der Waals surface area contributed by atoms with Crippen LogP contribution < -0.4 is 5.32 Å². The highest BCUT2D eigenvalue weighted by Crippen LogP contribution is 2.16. The summed E-state index contributed by atoms with van der Waals surface area (Å²) in [6.07, 6.45) is 1.39. The van der Waals surface area contributed by atoms with E-state index >= 15 is 0 Å². The lowest BCUT2D eigenvalue weighted by Gasteiger charge is -2.09. The topological polar surface area (TPSA) is 12.0 Å². The highest BCUT2D eigenvalue weighted by molar-refractivity contribution is 5.25. The molecule has 1 N–H and O–H groups in total. The van der Waals surface area contributed by atoms with Crippen molar-refractivity contribution in [3.63, 3.8) is 0 Å². The summed E-state index contributed by atoms with van der Waals surface area (Å²) in [4.78, 5) is 0. The molecule has 0 aromatic heterocycles. The molecule has 1 rings (SSSR count). The molecular weight excluding hydrogens is 208 g/mol. The monoisotopic (exact) mass is 227 g/mol. The first kappa shape index (κ1) is 13.1. The summed E-state index contributed by atoms with van der Waals surface area (Å²) in [5.74, 6) is -1.40. The van der Waals surface area contributed by atoms with Gasteiger partial charge in [-0.05, 0) is 37.4 Å². The Morgan fingerprint density at radius 2 is 1.88 bits per heavy atom. The van der Waals surface area contributed by atoms with Crippen molar-refractivity contribution in [3.05, 3.63) is 34.9 Å². The maximum Gasteiger partial charge on any atom is 0.162 e. The smallest absolute Gasteiger partial charge is 0.162 e. The number of rotatable bonds is 5. The number of aryl methyl sites for hydroxylation is 2. The molecule has 1 aromatic rings. The zero-order valence-electron chi connectivity index (χ0n) is 10.1. The maximum absolute atomic E-state index is 13.5. The van der Waals surface area contributed by atoms with Crippen LogP contribution in [0.1, 0.15) is 31.4 Å². The predicted octanol–water partition coefficient (Wildman–Crippen LogP) is 3.20. The maximum atomic E-state index is 13.5. The van der Waals surface area contributed by atoms with Crippen molar-refractivity contribution in [1.29, 1.82) is 0 Å². The van der Waals surface area contributed by atoms with Crippen molar-refractivity contribution in [2.24, 2.45) is 0 Å². The van der Waals surface area contributed by atoms with E-state index in [-0.39, 0.29) is 0 Å². The number of hydrogen-bond acceptors (Lipinski definition) is 1. The third kappa shape index (κ3) is 3.56. The molecule has 0 fully saturated rings. The fourth-order valence-electron chi connectivity index (χ4n) is 1.55. The van der Waals surface area contributed by atoms with Gasteiger partial charge in [0.05, 0.1) is 0 Å². The number of hydrogen-bond donors (Lipinski definition) is 1. The minimum absolute atomic E-state index is 0.363. The first-order chi connectivity index (χ1) is 7.52. The molecule has 1 nitrogen and oxygen atoms in total. The van der Waals surface area contributed by atoms with Crippen LogP contribution in [0.25, 0.3) is 0 Å². The molecule has 0 saturated carbocycles. The van der Waals surface area contributed by atoms with Gasteiger partial charge in [-0.3, -0.25) is 0 Å². The van der Waals surface area contributed by atoms with Crippen LogP contribution >= 0.6 is 0 Å². The molecule has 0 bridgehead atoms. The largest absolute Gasteiger partial charge is 0.315 e. The van der Waals surface area contributed by atoms with Crippen LogP contribution in [0.5, 0.6) is 0 Å². The molecule has 0 heterocycles. The highest BCUT2D eigenvalue weighted by atomic mass is 19.2. The summed E-state index contributed by atoms with van der Waals surface area (Å²) in [5.41, 5.74) is 0.829. The zero-order chi connectivity index (χ0) is 12.1. The van der Waals surface area contributed by atoms with E-state index in [0.29, 0.717) is 23.6 Å². The minimum Gasteiger partial charge on any atom is -0.315 e. The Morgan fingerprint density at radius 1 is 1.19 bits per heavy atom. The Kier molecular flexibility index (Phi) is 4.87. The van der Waals surface area contributed by atoms with Crippen LogP contribution in [0.3, 0.4) is 0 Å². The Morgan fingerprint density at radius 3 is 2.50 bits per heavy atom. The first-order valence-electron chi connectivity index (χ1n) is 5.69. The van der Waals surface area contributed by atoms with E-state index in [1.807, 2.05) is 0 Å². The van der Waals surface area contributed by atoms with Gasteiger partial charge < -0.3 is 5.32 Å². The molecule has 90 valence electrons. The van der Waals surface area contributed by atoms with E-state index in [1.165, 1.54) is 0 Å². The van der Waals surface area contributed by atoms with Gasteiger partial charge in [0.1, 0.15) is 0 Å². The predicted molar refractivity (Wildman–Crippen MR) is 62.6 cm³/mol. The third-order valence-corrected chi connectivity index (χ3v) is 2.53. The molecule has 0 aliphatic rings. The van der Waals surface area contributed by atoms with Gasteiger partial charge in [0.15, 0.2) is 11.6 Å². The summed E-state index contributed by atoms with van der Waals surface area (Å²) in [6, 6.07) is 3.73. The summed E-state index contributed by atoms with van der Waals surface area (Å²) >= 11 is 0. The van der Waals surface area contributed by atoms with E-state index in [0.717, 1.165) is 13.0 Å². The molecule has 0 atom stereocenters. The normalized spacial score (nSPS) is 11.1. The molecule has 0 unspecified atom stereocenters. The average molecular weight is 227 g/mol. The minimum atomic E-state index is -0.714. The van der Waals surface area contributed by atoms with E-state index in [9.17, 15) is 8.78 Å². The van der Waals surface area contributed by atoms with Crippen molar-refractivity contribution < 1.29 is 8.78 Å². The molecule has 16 heavy (non-hydrogen) atoms. The van der Waals surface area contributed by atoms with E-state index in [2.05, 4.69) is 19.2 Å². The van der Waals surface area contributed by atoms with Crippen LogP contribution in [0.4, 0.5) is 8.78 Å². The summed E-state index contributed by atoms with van der Waals surface area (Å²) in [5, 5.41) is 3.24. The van der Waals surface area contributed by atoms with Crippen molar-refractivity contribution >= 4 is 0 Å². The second-order valence-electron chi connectivity index (χ2n) is 4.38. The highest BCUT2D eigenvalue weighted by Gasteiger charge is 2.10. The van der Waals surface area contributed by atoms with Gasteiger partial charge in [-0.2, -0.15) is 0 Å². The van der Waals surface area contributed by atoms with E-state index in [4.69, 9.17) is 0 Å². The Bertz CT molecular complexity index is 348. The quantitative estimate of drug-likeness (QED) is 0.762. The lowest BCUT2D eigenvalue weighted by atomic mass is 10.1. The zero-order valence-corrected chi connectivity index (χ0v) is 10.1. The molecule has 0 aliphatic heterocycles. The number of nitrogens with one attached hydrogen (secondary N) is 1. The molecule has 0 amide bonds. The molecule has 0 saturated heterocycles. The lowest BCUT2D eigenvalue weighted by Crippen LogP contribution is -2.24. The number of benzene rings is 1. The molecule has 0 spiro atoms. The van der Waals surface area contributed by atoms with Gasteiger partial charge >= 0.3 is 0 Å². The van der Waals surface area contributed by atoms with Crippen LogP contribution in [0.15, 0.2) is 12.1 Å². The van der Waals surface area contributed by atoms with Gasteiger partial charge in [0.25, 0.3) is 0 Å². The van der Waals surface area contributed by atoms with Gasteiger partial charge in [0, 0.05) is 6.04 Å². The molecular formula is C13H19F2N. The van der Waals surface area contributed by atoms with Crippen LogP contribution in [0.2, 0.25) is 0 Å². The van der Waals surface area contributed by atoms with Crippen molar-refractivity contribution in [1.82, 2.24) is 5.32 Å². The van der Waals surface area contributed by atoms with Gasteiger partial charge in [-0.15, -0.1) is 0 Å². The molecule has 1 aromatic carbocycles. The van der Waals surface area contributed by atoms with Crippen molar-refractivity contribution in [3.8, 4) is 0 Å². The summed E-state index contributed by atoms with van der Waals surface area (Å²) in [7, 11) is 0. The van der Waals surface area contributed by atoms with E-state index in [1.54, 1.807) is 19.1 Å².